The van der Waals surface area contributed by atoms with E-state index in [1.54, 1.807) is 17.7 Å². The fourth-order valence-corrected chi connectivity index (χ4v) is 4.31. The number of nitrogens with one attached hydrogen (secondary N) is 2. The lowest BCUT2D eigenvalue weighted by molar-refractivity contribution is -0.125. The highest BCUT2D eigenvalue weighted by atomic mass is 32.1. The molecule has 4 rings (SSSR count). The van der Waals surface area contributed by atoms with Crippen molar-refractivity contribution >= 4 is 33.3 Å². The maximum Gasteiger partial charge on any atom is 0.225 e. The van der Waals surface area contributed by atoms with Crippen molar-refractivity contribution in [2.75, 3.05) is 37.6 Å². The van der Waals surface area contributed by atoms with E-state index in [1.165, 1.54) is 5.57 Å². The van der Waals surface area contributed by atoms with Crippen molar-refractivity contribution < 1.29 is 4.79 Å². The third kappa shape index (κ3) is 3.67. The highest BCUT2D eigenvalue weighted by Crippen LogP contribution is 2.29. The van der Waals surface area contributed by atoms with E-state index in [4.69, 9.17) is 0 Å². The third-order valence-corrected chi connectivity index (χ3v) is 5.80. The smallest absolute Gasteiger partial charge is 0.225 e. The van der Waals surface area contributed by atoms with Gasteiger partial charge in [0.2, 0.25) is 5.91 Å². The van der Waals surface area contributed by atoms with Gasteiger partial charge in [0, 0.05) is 26.2 Å². The van der Waals surface area contributed by atoms with Crippen LogP contribution in [0.5, 0.6) is 0 Å². The van der Waals surface area contributed by atoms with Crippen molar-refractivity contribution in [2.24, 2.45) is 5.92 Å². The monoisotopic (exact) mass is 357 g/mol. The summed E-state index contributed by atoms with van der Waals surface area (Å²) in [5, 5.41) is 9.57. The molecule has 132 valence electrons. The number of aromatic nitrogens is 2. The van der Waals surface area contributed by atoms with Crippen LogP contribution in [0.4, 0.5) is 5.82 Å². The van der Waals surface area contributed by atoms with Gasteiger partial charge in [0.05, 0.1) is 11.3 Å². The van der Waals surface area contributed by atoms with E-state index in [-0.39, 0.29) is 11.8 Å². The van der Waals surface area contributed by atoms with Gasteiger partial charge in [-0.1, -0.05) is 11.6 Å². The molecular weight excluding hydrogens is 334 g/mol. The van der Waals surface area contributed by atoms with Crippen molar-refractivity contribution in [3.8, 4) is 0 Å². The van der Waals surface area contributed by atoms with Gasteiger partial charge >= 0.3 is 0 Å². The first-order valence-corrected chi connectivity index (χ1v) is 9.79. The number of thiophene rings is 1. The molecule has 0 spiro atoms. The third-order valence-electron chi connectivity index (χ3n) is 4.98. The summed E-state index contributed by atoms with van der Waals surface area (Å²) in [5.41, 5.74) is 1.33. The molecule has 2 aliphatic heterocycles. The Morgan fingerprint density at radius 2 is 2.40 bits per heavy atom. The van der Waals surface area contributed by atoms with Crippen LogP contribution in [0.2, 0.25) is 0 Å². The lowest BCUT2D eigenvalue weighted by atomic mass is 9.96. The minimum Gasteiger partial charge on any atom is -0.355 e. The van der Waals surface area contributed by atoms with Crippen LogP contribution in [0, 0.1) is 5.92 Å². The molecule has 6 nitrogen and oxygen atoms in total. The number of carbonyl (C=O) groups is 1. The predicted molar refractivity (Wildman–Crippen MR) is 101 cm³/mol. The molecule has 0 bridgehead atoms. The number of carbonyl (C=O) groups excluding carboxylic acids is 1. The maximum atomic E-state index is 12.6. The first kappa shape index (κ1) is 16.5. The quantitative estimate of drug-likeness (QED) is 0.819. The number of hydrogen-bond donors (Lipinski definition) is 2. The average molecular weight is 357 g/mol. The second-order valence-corrected chi connectivity index (χ2v) is 7.55. The van der Waals surface area contributed by atoms with Crippen molar-refractivity contribution in [3.05, 3.63) is 29.4 Å². The highest BCUT2D eigenvalue weighted by Gasteiger charge is 2.27. The Hall–Kier alpha value is -1.99. The average Bonchev–Trinajstić information content (AvgIpc) is 3.16. The Morgan fingerprint density at radius 1 is 1.44 bits per heavy atom. The predicted octanol–water partition coefficient (Wildman–Crippen LogP) is 1.94. The number of fused-ring (bicyclic) bond motifs is 1. The van der Waals surface area contributed by atoms with E-state index in [2.05, 4.69) is 37.6 Å². The summed E-state index contributed by atoms with van der Waals surface area (Å²) in [6.07, 6.45) is 6.79. The molecule has 1 unspecified atom stereocenters. The normalized spacial score (nSPS) is 21.2. The summed E-state index contributed by atoms with van der Waals surface area (Å²) in [5.74, 6) is 1.16. The Balaban J connectivity index is 1.41. The first-order valence-electron chi connectivity index (χ1n) is 8.91. The molecule has 7 heteroatoms. The molecule has 4 heterocycles. The van der Waals surface area contributed by atoms with E-state index in [1.807, 2.05) is 5.38 Å². The van der Waals surface area contributed by atoms with Crippen LogP contribution in [0.25, 0.3) is 10.2 Å². The van der Waals surface area contributed by atoms with Gasteiger partial charge in [-0.25, -0.2) is 9.97 Å². The van der Waals surface area contributed by atoms with E-state index < -0.39 is 0 Å². The van der Waals surface area contributed by atoms with Crippen molar-refractivity contribution in [3.63, 3.8) is 0 Å². The van der Waals surface area contributed by atoms with Crippen LogP contribution >= 0.6 is 11.3 Å². The van der Waals surface area contributed by atoms with Gasteiger partial charge in [0.1, 0.15) is 17.0 Å². The van der Waals surface area contributed by atoms with Crippen molar-refractivity contribution in [1.29, 1.82) is 0 Å². The molecule has 25 heavy (non-hydrogen) atoms. The van der Waals surface area contributed by atoms with Gasteiger partial charge in [-0.3, -0.25) is 4.79 Å². The Morgan fingerprint density at radius 3 is 3.28 bits per heavy atom. The van der Waals surface area contributed by atoms with Crippen LogP contribution in [-0.4, -0.2) is 48.6 Å². The molecule has 1 amide bonds. The molecule has 0 aromatic carbocycles. The number of piperidine rings is 1. The molecular formula is C18H23N5OS. The van der Waals surface area contributed by atoms with Crippen LogP contribution in [0.3, 0.4) is 0 Å². The van der Waals surface area contributed by atoms with Gasteiger partial charge in [0.15, 0.2) is 0 Å². The lowest BCUT2D eigenvalue weighted by Crippen LogP contribution is -2.44. The summed E-state index contributed by atoms with van der Waals surface area (Å²) in [6, 6.07) is 2.07. The van der Waals surface area contributed by atoms with E-state index in [0.717, 1.165) is 61.5 Å². The number of nitrogens with zero attached hydrogens (tertiary/aromatic N) is 3. The SMILES string of the molecule is O=C(NCC1=CCNCC1)C1CCCN(c2ncnc3sccc23)C1. The van der Waals surface area contributed by atoms with E-state index >= 15 is 0 Å². The van der Waals surface area contributed by atoms with E-state index in [9.17, 15) is 4.79 Å². The molecule has 2 N–H and O–H groups in total. The van der Waals surface area contributed by atoms with E-state index in [0.29, 0.717) is 6.54 Å². The summed E-state index contributed by atoms with van der Waals surface area (Å²) in [4.78, 5) is 24.7. The second kappa shape index (κ2) is 7.49. The van der Waals surface area contributed by atoms with Gasteiger partial charge in [0.25, 0.3) is 0 Å². The highest BCUT2D eigenvalue weighted by molar-refractivity contribution is 7.16. The largest absolute Gasteiger partial charge is 0.355 e. The molecule has 1 fully saturated rings. The van der Waals surface area contributed by atoms with Crippen LogP contribution in [0.1, 0.15) is 19.3 Å². The van der Waals surface area contributed by atoms with Gasteiger partial charge < -0.3 is 15.5 Å². The number of anilines is 1. The zero-order chi connectivity index (χ0) is 17.1. The summed E-state index contributed by atoms with van der Waals surface area (Å²) in [7, 11) is 0. The first-order chi connectivity index (χ1) is 12.3. The van der Waals surface area contributed by atoms with Crippen LogP contribution in [0.15, 0.2) is 29.4 Å². The van der Waals surface area contributed by atoms with Gasteiger partial charge in [-0.05, 0) is 37.3 Å². The lowest BCUT2D eigenvalue weighted by Gasteiger charge is -2.33. The molecule has 1 atom stereocenters. The number of amides is 1. The summed E-state index contributed by atoms with van der Waals surface area (Å²) in [6.45, 7) is 4.27. The Bertz CT molecular complexity index is 787. The second-order valence-electron chi connectivity index (χ2n) is 6.66. The fraction of sp³-hybridized carbons (Fsp3) is 0.500. The molecule has 2 aliphatic rings. The molecule has 0 saturated carbocycles. The molecule has 0 radical (unpaired) electrons. The zero-order valence-electron chi connectivity index (χ0n) is 14.2. The van der Waals surface area contributed by atoms with Crippen molar-refractivity contribution in [2.45, 2.75) is 19.3 Å². The standard InChI is InChI=1S/C18H23N5OS/c24-17(20-10-13-3-6-19-7-4-13)14-2-1-8-23(11-14)16-15-5-9-25-18(15)22-12-21-16/h3,5,9,12,14,19H,1-2,4,6-8,10-11H2,(H,20,24). The number of hydrogen-bond acceptors (Lipinski definition) is 6. The summed E-state index contributed by atoms with van der Waals surface area (Å²) < 4.78 is 0. The van der Waals surface area contributed by atoms with Crippen LogP contribution in [-0.2, 0) is 4.79 Å². The summed E-state index contributed by atoms with van der Waals surface area (Å²) >= 11 is 1.63. The minimum absolute atomic E-state index is 0.0275. The minimum atomic E-state index is 0.0275. The Labute approximate surface area is 151 Å². The van der Waals surface area contributed by atoms with Gasteiger partial charge in [-0.15, -0.1) is 11.3 Å². The topological polar surface area (TPSA) is 70.2 Å². The van der Waals surface area contributed by atoms with Gasteiger partial charge in [-0.2, -0.15) is 0 Å². The Kier molecular flexibility index (Phi) is 4.94. The zero-order valence-corrected chi connectivity index (χ0v) is 15.0. The molecule has 2 aromatic heterocycles. The van der Waals surface area contributed by atoms with Crippen molar-refractivity contribution in [1.82, 2.24) is 20.6 Å². The molecule has 1 saturated heterocycles. The van der Waals surface area contributed by atoms with Crippen LogP contribution < -0.4 is 15.5 Å². The number of rotatable bonds is 4. The fourth-order valence-electron chi connectivity index (χ4n) is 3.59. The maximum absolute atomic E-state index is 12.6. The molecule has 0 aliphatic carbocycles. The molecule has 2 aromatic rings.